The summed E-state index contributed by atoms with van der Waals surface area (Å²) in [6.45, 7) is 6.94. The second-order valence-electron chi connectivity index (χ2n) is 12.5. The van der Waals surface area contributed by atoms with Crippen LogP contribution in [-0.2, 0) is 6.42 Å². The normalized spacial score (nSPS) is 21.8. The minimum atomic E-state index is -0.507. The van der Waals surface area contributed by atoms with E-state index in [1.807, 2.05) is 18.2 Å². The fourth-order valence-electron chi connectivity index (χ4n) is 8.03. The molecule has 4 aliphatic heterocycles. The zero-order valence-corrected chi connectivity index (χ0v) is 24.1. The molecule has 0 amide bonds. The molecule has 0 spiro atoms. The van der Waals surface area contributed by atoms with Crippen LogP contribution in [0.4, 0.5) is 14.6 Å². The van der Waals surface area contributed by atoms with Gasteiger partial charge in [-0.15, -0.1) is 0 Å². The zero-order chi connectivity index (χ0) is 28.4. The van der Waals surface area contributed by atoms with Crippen molar-refractivity contribution in [2.24, 2.45) is 0 Å². The van der Waals surface area contributed by atoms with Crippen molar-refractivity contribution in [3.8, 4) is 17.3 Å². The quantitative estimate of drug-likeness (QED) is 0.345. The summed E-state index contributed by atoms with van der Waals surface area (Å²) in [4.78, 5) is 19.6. The molecular formula is C33H36F2N6O. The van der Waals surface area contributed by atoms with Crippen LogP contribution in [0.25, 0.3) is 32.9 Å². The molecule has 8 rings (SSSR count). The van der Waals surface area contributed by atoms with E-state index >= 15 is 4.39 Å². The first-order chi connectivity index (χ1) is 20.5. The molecule has 9 heteroatoms. The first kappa shape index (κ1) is 26.2. The number of piperazine rings is 1. The van der Waals surface area contributed by atoms with Gasteiger partial charge < -0.3 is 15.0 Å². The first-order valence-electron chi connectivity index (χ1n) is 15.5. The molecule has 1 unspecified atom stereocenters. The van der Waals surface area contributed by atoms with Crippen molar-refractivity contribution in [3.05, 3.63) is 53.2 Å². The summed E-state index contributed by atoms with van der Waals surface area (Å²) >= 11 is 0. The lowest BCUT2D eigenvalue weighted by Gasteiger charge is -2.39. The number of rotatable bonds is 4. The third-order valence-corrected chi connectivity index (χ3v) is 10.2. The molecule has 0 radical (unpaired) electrons. The molecule has 2 aromatic heterocycles. The fourth-order valence-corrected chi connectivity index (χ4v) is 8.03. The van der Waals surface area contributed by atoms with Gasteiger partial charge in [0, 0.05) is 31.2 Å². The maximum Gasteiger partial charge on any atom is 0.319 e. The molecule has 0 aliphatic carbocycles. The Balaban J connectivity index is 1.33. The number of halogens is 2. The van der Waals surface area contributed by atoms with E-state index in [4.69, 9.17) is 19.7 Å². The second kappa shape index (κ2) is 10.1. The molecule has 1 N–H and O–H groups in total. The molecular weight excluding hydrogens is 534 g/mol. The fraction of sp³-hybridized carbons (Fsp3) is 0.485. The van der Waals surface area contributed by atoms with Gasteiger partial charge in [-0.1, -0.05) is 24.3 Å². The Morgan fingerprint density at radius 2 is 1.86 bits per heavy atom. The van der Waals surface area contributed by atoms with Crippen molar-refractivity contribution in [1.29, 1.82) is 0 Å². The largest absolute Gasteiger partial charge is 0.461 e. The Morgan fingerprint density at radius 1 is 1.00 bits per heavy atom. The zero-order valence-electron chi connectivity index (χ0n) is 24.1. The SMILES string of the molecule is Cc1c(F)ccc2cccc(-c3nc4c5c(nc(OCC67CCCN6CCC7)nc5c3F)N3CCNCC3CCC4)c12. The van der Waals surface area contributed by atoms with Gasteiger partial charge in [0.15, 0.2) is 5.82 Å². The number of nitrogens with zero attached hydrogens (tertiary/aromatic N) is 5. The summed E-state index contributed by atoms with van der Waals surface area (Å²) < 4.78 is 38.1. The molecule has 3 fully saturated rings. The van der Waals surface area contributed by atoms with E-state index in [1.54, 1.807) is 13.0 Å². The first-order valence-corrected chi connectivity index (χ1v) is 15.5. The number of aryl methyl sites for hydroxylation is 2. The lowest BCUT2D eigenvalue weighted by molar-refractivity contribution is 0.108. The highest BCUT2D eigenvalue weighted by Crippen LogP contribution is 2.42. The van der Waals surface area contributed by atoms with Crippen molar-refractivity contribution in [1.82, 2.24) is 25.2 Å². The highest BCUT2D eigenvalue weighted by Gasteiger charge is 2.45. The summed E-state index contributed by atoms with van der Waals surface area (Å²) in [5, 5.41) is 5.72. The van der Waals surface area contributed by atoms with E-state index in [0.29, 0.717) is 34.9 Å². The van der Waals surface area contributed by atoms with Gasteiger partial charge in [-0.2, -0.15) is 9.97 Å². The highest BCUT2D eigenvalue weighted by molar-refractivity contribution is 6.01. The van der Waals surface area contributed by atoms with E-state index in [0.717, 1.165) is 75.3 Å². The third kappa shape index (κ3) is 4.07. The second-order valence-corrected chi connectivity index (χ2v) is 12.5. The Morgan fingerprint density at radius 3 is 2.71 bits per heavy atom. The minimum Gasteiger partial charge on any atom is -0.461 e. The van der Waals surface area contributed by atoms with Crippen LogP contribution in [0.2, 0.25) is 0 Å². The topological polar surface area (TPSA) is 66.4 Å². The maximum atomic E-state index is 16.9. The van der Waals surface area contributed by atoms with Gasteiger partial charge in [0.05, 0.1) is 16.6 Å². The van der Waals surface area contributed by atoms with Crippen LogP contribution < -0.4 is 15.0 Å². The molecule has 4 aliphatic rings. The van der Waals surface area contributed by atoms with E-state index < -0.39 is 5.82 Å². The number of pyridine rings is 1. The summed E-state index contributed by atoms with van der Waals surface area (Å²) in [7, 11) is 0. The Bertz CT molecular complexity index is 1700. The maximum absolute atomic E-state index is 16.9. The summed E-state index contributed by atoms with van der Waals surface area (Å²) in [6.07, 6.45) is 7.17. The molecule has 7 nitrogen and oxygen atoms in total. The van der Waals surface area contributed by atoms with E-state index in [1.165, 1.54) is 18.9 Å². The minimum absolute atomic E-state index is 0.0269. The molecule has 1 atom stereocenters. The van der Waals surface area contributed by atoms with Crippen molar-refractivity contribution < 1.29 is 13.5 Å². The van der Waals surface area contributed by atoms with Gasteiger partial charge in [0.2, 0.25) is 0 Å². The third-order valence-electron chi connectivity index (χ3n) is 10.2. The number of fused-ring (bicyclic) bond motifs is 4. The summed E-state index contributed by atoms with van der Waals surface area (Å²) in [5.74, 6) is -0.100. The van der Waals surface area contributed by atoms with Crippen LogP contribution in [0.5, 0.6) is 6.01 Å². The van der Waals surface area contributed by atoms with Crippen LogP contribution in [-0.4, -0.2) is 70.8 Å². The number of hydrogen-bond acceptors (Lipinski definition) is 7. The van der Waals surface area contributed by atoms with Crippen molar-refractivity contribution in [3.63, 3.8) is 0 Å². The lowest BCUT2D eigenvalue weighted by Crippen LogP contribution is -2.52. The van der Waals surface area contributed by atoms with Crippen LogP contribution in [0.3, 0.4) is 0 Å². The van der Waals surface area contributed by atoms with E-state index in [9.17, 15) is 4.39 Å². The van der Waals surface area contributed by atoms with Crippen LogP contribution in [0.15, 0.2) is 30.3 Å². The van der Waals surface area contributed by atoms with Crippen molar-refractivity contribution >= 4 is 27.5 Å². The smallest absolute Gasteiger partial charge is 0.319 e. The Hall–Kier alpha value is -3.43. The standard InChI is InChI=1S/C33H36F2N6O/c1-20-24(34)11-10-21-6-2-8-23(26(20)21)29-28(35)30-27-25(37-29)9-3-7-22-18-36-14-17-41(22)31(27)39-32(38-30)42-19-33-12-4-15-40(33)16-5-13-33/h2,6,8,10-11,22,36H,3-5,7,9,12-19H2,1H3. The molecule has 2 aromatic carbocycles. The van der Waals surface area contributed by atoms with Gasteiger partial charge in [0.1, 0.15) is 29.5 Å². The molecule has 6 heterocycles. The van der Waals surface area contributed by atoms with Gasteiger partial charge in [-0.05, 0) is 87.4 Å². The van der Waals surface area contributed by atoms with Gasteiger partial charge in [-0.25, -0.2) is 13.8 Å². The van der Waals surface area contributed by atoms with Crippen LogP contribution >= 0.6 is 0 Å². The highest BCUT2D eigenvalue weighted by atomic mass is 19.1. The van der Waals surface area contributed by atoms with Crippen molar-refractivity contribution in [2.45, 2.75) is 63.5 Å². The Labute approximate surface area is 244 Å². The van der Waals surface area contributed by atoms with Crippen LogP contribution in [0, 0.1) is 18.6 Å². The predicted molar refractivity (Wildman–Crippen MR) is 160 cm³/mol. The predicted octanol–water partition coefficient (Wildman–Crippen LogP) is 5.55. The average molecular weight is 571 g/mol. The Kier molecular flexibility index (Phi) is 6.30. The summed E-state index contributed by atoms with van der Waals surface area (Å²) in [5.41, 5.74) is 2.34. The molecule has 3 saturated heterocycles. The van der Waals surface area contributed by atoms with E-state index in [2.05, 4.69) is 15.1 Å². The lowest BCUT2D eigenvalue weighted by atomic mass is 9.95. The van der Waals surface area contributed by atoms with Gasteiger partial charge in [-0.3, -0.25) is 4.90 Å². The number of benzene rings is 2. The molecule has 218 valence electrons. The van der Waals surface area contributed by atoms with Crippen LogP contribution in [0.1, 0.15) is 49.8 Å². The monoisotopic (exact) mass is 570 g/mol. The number of anilines is 1. The molecule has 0 saturated carbocycles. The molecule has 42 heavy (non-hydrogen) atoms. The van der Waals surface area contributed by atoms with Crippen molar-refractivity contribution in [2.75, 3.05) is 44.2 Å². The van der Waals surface area contributed by atoms with Gasteiger partial charge in [0.25, 0.3) is 0 Å². The number of ether oxygens (including phenoxy) is 1. The number of aromatic nitrogens is 3. The van der Waals surface area contributed by atoms with E-state index in [-0.39, 0.29) is 34.6 Å². The summed E-state index contributed by atoms with van der Waals surface area (Å²) in [6, 6.07) is 9.34. The molecule has 0 bridgehead atoms. The molecule has 4 aromatic rings. The average Bonchev–Trinajstić information content (AvgIpc) is 3.59. The number of hydrogen-bond donors (Lipinski definition) is 1. The van der Waals surface area contributed by atoms with Gasteiger partial charge >= 0.3 is 6.01 Å². The number of nitrogens with one attached hydrogen (secondary N) is 1.